The quantitative estimate of drug-likeness (QED) is 0.276. The minimum Gasteiger partial charge on any atom is -0.444 e. The van der Waals surface area contributed by atoms with Crippen LogP contribution in [0.1, 0.15) is 77.9 Å². The van der Waals surface area contributed by atoms with Crippen LogP contribution in [0.5, 0.6) is 0 Å². The number of rotatable bonds is 13. The highest BCUT2D eigenvalue weighted by molar-refractivity contribution is 7.10. The van der Waals surface area contributed by atoms with Crippen molar-refractivity contribution in [2.45, 2.75) is 97.6 Å². The van der Waals surface area contributed by atoms with Gasteiger partial charge in [-0.2, -0.15) is 0 Å². The molecule has 0 aliphatic carbocycles. The molecule has 3 amide bonds. The third-order valence-corrected chi connectivity index (χ3v) is 6.84. The number of carbonyl (C=O) groups is 3. The molecule has 0 radical (unpaired) electrons. The Balaban J connectivity index is 2.23. The minimum absolute atomic E-state index is 0.109. The van der Waals surface area contributed by atoms with Crippen LogP contribution in [0.3, 0.4) is 0 Å². The van der Waals surface area contributed by atoms with Crippen molar-refractivity contribution in [3.63, 3.8) is 0 Å². The van der Waals surface area contributed by atoms with Crippen LogP contribution < -0.4 is 16.0 Å². The lowest BCUT2D eigenvalue weighted by atomic mass is 9.96. The lowest BCUT2D eigenvalue weighted by molar-refractivity contribution is -0.131. The van der Waals surface area contributed by atoms with E-state index in [9.17, 15) is 19.5 Å². The molecule has 216 valence electrons. The van der Waals surface area contributed by atoms with E-state index in [4.69, 9.17) is 4.74 Å². The van der Waals surface area contributed by atoms with Gasteiger partial charge in [0.1, 0.15) is 23.8 Å². The van der Waals surface area contributed by atoms with E-state index in [-0.39, 0.29) is 24.2 Å². The average molecular weight is 560 g/mol. The molecule has 0 saturated heterocycles. The Morgan fingerprint density at radius 1 is 0.846 bits per heavy atom. The number of aliphatic hydroxyl groups is 1. The fraction of sp³-hybridized carbons (Fsp3) is 0.567. The predicted octanol–water partition coefficient (Wildman–Crippen LogP) is 4.98. The van der Waals surface area contributed by atoms with Gasteiger partial charge in [0, 0.05) is 11.3 Å². The van der Waals surface area contributed by atoms with E-state index in [0.29, 0.717) is 12.8 Å². The first-order valence-electron chi connectivity index (χ1n) is 13.6. The number of benzene rings is 1. The van der Waals surface area contributed by atoms with Crippen LogP contribution in [-0.2, 0) is 20.7 Å². The molecule has 9 heteroatoms. The molecule has 1 aromatic carbocycles. The largest absolute Gasteiger partial charge is 0.444 e. The smallest absolute Gasteiger partial charge is 0.408 e. The summed E-state index contributed by atoms with van der Waals surface area (Å²) in [5, 5.41) is 21.4. The fourth-order valence-electron chi connectivity index (χ4n) is 4.20. The highest BCUT2D eigenvalue weighted by Gasteiger charge is 2.32. The Morgan fingerprint density at radius 3 is 2.00 bits per heavy atom. The summed E-state index contributed by atoms with van der Waals surface area (Å²) in [7, 11) is 0. The van der Waals surface area contributed by atoms with Crippen molar-refractivity contribution in [3.8, 4) is 0 Å². The molecule has 4 atom stereocenters. The van der Waals surface area contributed by atoms with Crippen molar-refractivity contribution in [3.05, 3.63) is 58.3 Å². The summed E-state index contributed by atoms with van der Waals surface area (Å²) in [5.74, 6) is -0.506. The van der Waals surface area contributed by atoms with Gasteiger partial charge in [0.05, 0.1) is 6.04 Å². The van der Waals surface area contributed by atoms with Crippen LogP contribution >= 0.6 is 11.3 Å². The Bertz CT molecular complexity index is 1030. The van der Waals surface area contributed by atoms with Gasteiger partial charge in [0.25, 0.3) is 0 Å². The Morgan fingerprint density at radius 2 is 1.46 bits per heavy atom. The Kier molecular flexibility index (Phi) is 12.4. The molecule has 4 N–H and O–H groups in total. The first-order chi connectivity index (χ1) is 18.2. The molecule has 8 nitrogen and oxygen atoms in total. The maximum atomic E-state index is 13.5. The summed E-state index contributed by atoms with van der Waals surface area (Å²) < 4.78 is 5.39. The number of ether oxygens (including phenoxy) is 1. The second-order valence-electron chi connectivity index (χ2n) is 11.8. The number of carbonyl (C=O) groups excluding carboxylic acids is 3. The Labute approximate surface area is 236 Å². The van der Waals surface area contributed by atoms with Gasteiger partial charge in [0.2, 0.25) is 11.8 Å². The van der Waals surface area contributed by atoms with Gasteiger partial charge in [-0.3, -0.25) is 9.59 Å². The van der Waals surface area contributed by atoms with Gasteiger partial charge in [-0.25, -0.2) is 4.79 Å². The van der Waals surface area contributed by atoms with Crippen LogP contribution in [0.15, 0.2) is 47.8 Å². The zero-order chi connectivity index (χ0) is 29.2. The van der Waals surface area contributed by atoms with Crippen LogP contribution in [-0.4, -0.2) is 46.7 Å². The topological polar surface area (TPSA) is 117 Å². The summed E-state index contributed by atoms with van der Waals surface area (Å²) in [6.45, 7) is 13.3. The van der Waals surface area contributed by atoms with Gasteiger partial charge in [0.15, 0.2) is 0 Å². The molecular formula is C30H45N3O5S. The number of aliphatic hydroxyl groups excluding tert-OH is 1. The SMILES string of the molecule is CC(C)C[C@H](NC(=O)[C@H](Cc1ccccc1)NC(=O)OC(C)(C)C)C(=O)N[C@H](CC(C)C)[C@H](O)c1cccs1. The van der Waals surface area contributed by atoms with Crippen LogP contribution in [0.2, 0.25) is 0 Å². The van der Waals surface area contributed by atoms with Crippen LogP contribution in [0, 0.1) is 11.8 Å². The lowest BCUT2D eigenvalue weighted by Gasteiger charge is -2.29. The van der Waals surface area contributed by atoms with Crippen molar-refractivity contribution in [1.82, 2.24) is 16.0 Å². The molecule has 1 heterocycles. The number of hydrogen-bond donors (Lipinski definition) is 4. The highest BCUT2D eigenvalue weighted by Crippen LogP contribution is 2.25. The van der Waals surface area contributed by atoms with Crippen molar-refractivity contribution in [2.75, 3.05) is 0 Å². The summed E-state index contributed by atoms with van der Waals surface area (Å²) >= 11 is 1.43. The van der Waals surface area contributed by atoms with Gasteiger partial charge >= 0.3 is 6.09 Å². The van der Waals surface area contributed by atoms with E-state index < -0.39 is 41.8 Å². The molecule has 1 aromatic heterocycles. The first-order valence-corrected chi connectivity index (χ1v) is 14.5. The third-order valence-electron chi connectivity index (χ3n) is 5.90. The second kappa shape index (κ2) is 15.0. The molecule has 0 fully saturated rings. The molecule has 0 aliphatic heterocycles. The molecule has 39 heavy (non-hydrogen) atoms. The van der Waals surface area contributed by atoms with Gasteiger partial charge < -0.3 is 25.8 Å². The molecule has 2 aromatic rings. The molecule has 0 aliphatic rings. The lowest BCUT2D eigenvalue weighted by Crippen LogP contribution is -2.56. The number of alkyl carbamates (subject to hydrolysis) is 1. The van der Waals surface area contributed by atoms with E-state index in [1.807, 2.05) is 75.5 Å². The van der Waals surface area contributed by atoms with Gasteiger partial charge in [-0.1, -0.05) is 64.1 Å². The molecule has 0 spiro atoms. The normalized spacial score (nSPS) is 14.8. The first kappa shape index (κ1) is 32.3. The minimum atomic E-state index is -0.951. The summed E-state index contributed by atoms with van der Waals surface area (Å²) in [6.07, 6.45) is -0.365. The summed E-state index contributed by atoms with van der Waals surface area (Å²) in [6, 6.07) is 10.7. The van der Waals surface area contributed by atoms with Gasteiger partial charge in [-0.15, -0.1) is 11.3 Å². The van der Waals surface area contributed by atoms with Crippen molar-refractivity contribution in [2.24, 2.45) is 11.8 Å². The Hall–Kier alpha value is -2.91. The van der Waals surface area contributed by atoms with Crippen molar-refractivity contribution >= 4 is 29.2 Å². The number of hydrogen-bond acceptors (Lipinski definition) is 6. The monoisotopic (exact) mass is 559 g/mol. The molecule has 2 rings (SSSR count). The number of nitrogens with one attached hydrogen (secondary N) is 3. The van der Waals surface area contributed by atoms with Gasteiger partial charge in [-0.05, 0) is 62.5 Å². The predicted molar refractivity (Wildman–Crippen MR) is 155 cm³/mol. The van der Waals surface area contributed by atoms with E-state index >= 15 is 0 Å². The van der Waals surface area contributed by atoms with Crippen molar-refractivity contribution < 1.29 is 24.2 Å². The maximum Gasteiger partial charge on any atom is 0.408 e. The molecule has 0 bridgehead atoms. The number of amides is 3. The third kappa shape index (κ3) is 11.8. The van der Waals surface area contributed by atoms with Crippen LogP contribution in [0.4, 0.5) is 4.79 Å². The average Bonchev–Trinajstić information content (AvgIpc) is 3.36. The zero-order valence-electron chi connectivity index (χ0n) is 24.2. The molecular weight excluding hydrogens is 514 g/mol. The van der Waals surface area contributed by atoms with E-state index in [1.165, 1.54) is 11.3 Å². The summed E-state index contributed by atoms with van der Waals surface area (Å²) in [5.41, 5.74) is 0.127. The highest BCUT2D eigenvalue weighted by atomic mass is 32.1. The fourth-order valence-corrected chi connectivity index (χ4v) is 4.98. The van der Waals surface area contributed by atoms with E-state index in [1.54, 1.807) is 20.8 Å². The number of thiophene rings is 1. The molecule has 0 saturated carbocycles. The maximum absolute atomic E-state index is 13.5. The van der Waals surface area contributed by atoms with Crippen molar-refractivity contribution in [1.29, 1.82) is 0 Å². The zero-order valence-corrected chi connectivity index (χ0v) is 25.0. The van der Waals surface area contributed by atoms with E-state index in [2.05, 4.69) is 16.0 Å². The second-order valence-corrected chi connectivity index (χ2v) is 12.8. The van der Waals surface area contributed by atoms with Crippen LogP contribution in [0.25, 0.3) is 0 Å². The standard InChI is InChI=1S/C30H45N3O5S/c1-19(2)16-22(26(34)25-14-11-15-39-25)31-27(35)23(17-20(3)4)32-28(36)24(18-21-12-9-8-10-13-21)33-29(37)38-30(5,6)7/h8-15,19-20,22-24,26,34H,16-18H2,1-7H3,(H,31,35)(H,32,36)(H,33,37)/t22-,23+,24+,26+/m1/s1. The summed E-state index contributed by atoms with van der Waals surface area (Å²) in [4.78, 5) is 40.4. The van der Waals surface area contributed by atoms with E-state index in [0.717, 1.165) is 10.4 Å². The molecule has 0 unspecified atom stereocenters.